The Morgan fingerprint density at radius 1 is 1.20 bits per heavy atom. The lowest BCUT2D eigenvalue weighted by molar-refractivity contribution is -0.138. The number of carbonyl (C=O) groups excluding carboxylic acids is 2. The van der Waals surface area contributed by atoms with Crippen molar-refractivity contribution < 1.29 is 19.1 Å². The molecule has 0 aliphatic carbocycles. The average molecular weight is 277 g/mol. The first-order valence-corrected chi connectivity index (χ1v) is 6.23. The molecule has 1 rings (SSSR count). The Morgan fingerprint density at radius 3 is 2.25 bits per heavy atom. The van der Waals surface area contributed by atoms with Crippen LogP contribution >= 0.6 is 0 Å². The molecule has 20 heavy (non-hydrogen) atoms. The lowest BCUT2D eigenvalue weighted by Gasteiger charge is -2.11. The highest BCUT2D eigenvalue weighted by Gasteiger charge is 2.21. The summed E-state index contributed by atoms with van der Waals surface area (Å²) in [6.45, 7) is 1.92. The van der Waals surface area contributed by atoms with Crippen molar-refractivity contribution in [3.63, 3.8) is 0 Å². The molecule has 0 aromatic heterocycles. The van der Waals surface area contributed by atoms with Gasteiger partial charge in [-0.05, 0) is 31.2 Å². The number of Topliss-reactive ketones (excluding diaryl/α,β-unsaturated/α-hetero) is 1. The van der Waals surface area contributed by atoms with Crippen molar-refractivity contribution in [3.8, 4) is 5.75 Å². The van der Waals surface area contributed by atoms with Crippen molar-refractivity contribution >= 4 is 11.8 Å². The lowest BCUT2D eigenvalue weighted by atomic mass is 10.0. The second-order valence-corrected chi connectivity index (χ2v) is 4.28. The first-order valence-electron chi connectivity index (χ1n) is 6.23. The van der Waals surface area contributed by atoms with Gasteiger partial charge in [0, 0.05) is 25.9 Å². The van der Waals surface area contributed by atoms with Crippen molar-refractivity contribution in [3.05, 3.63) is 41.6 Å². The Bertz CT molecular complexity index is 503. The number of benzene rings is 1. The molecular formula is C15H19NO4. The van der Waals surface area contributed by atoms with E-state index in [1.165, 1.54) is 6.20 Å². The van der Waals surface area contributed by atoms with E-state index in [1.54, 1.807) is 57.3 Å². The van der Waals surface area contributed by atoms with E-state index >= 15 is 0 Å². The number of ether oxygens (including phenoxy) is 2. The van der Waals surface area contributed by atoms with Gasteiger partial charge in [-0.25, -0.2) is 4.79 Å². The van der Waals surface area contributed by atoms with Crippen LogP contribution < -0.4 is 4.74 Å². The van der Waals surface area contributed by atoms with E-state index in [9.17, 15) is 9.59 Å². The van der Waals surface area contributed by atoms with Gasteiger partial charge in [0.15, 0.2) is 0 Å². The molecule has 0 heterocycles. The number of ketones is 1. The maximum atomic E-state index is 12.4. The molecule has 5 nitrogen and oxygen atoms in total. The zero-order chi connectivity index (χ0) is 15.1. The topological polar surface area (TPSA) is 55.8 Å². The first-order chi connectivity index (χ1) is 9.49. The quantitative estimate of drug-likeness (QED) is 0.261. The van der Waals surface area contributed by atoms with Gasteiger partial charge in [-0.2, -0.15) is 0 Å². The van der Waals surface area contributed by atoms with Gasteiger partial charge in [-0.3, -0.25) is 4.79 Å². The van der Waals surface area contributed by atoms with Crippen LogP contribution in [-0.4, -0.2) is 44.5 Å². The Balaban J connectivity index is 3.06. The molecule has 0 fully saturated rings. The SMILES string of the molecule is CCOC(=O)/C(=C/N(C)C)C(=O)c1ccc(OC)cc1. The van der Waals surface area contributed by atoms with Gasteiger partial charge >= 0.3 is 5.97 Å². The zero-order valence-electron chi connectivity index (χ0n) is 12.2. The molecule has 1 aromatic carbocycles. The molecule has 1 aromatic rings. The van der Waals surface area contributed by atoms with E-state index in [4.69, 9.17) is 9.47 Å². The van der Waals surface area contributed by atoms with Gasteiger partial charge in [-0.15, -0.1) is 0 Å². The fourth-order valence-corrected chi connectivity index (χ4v) is 1.57. The Kier molecular flexibility index (Phi) is 5.77. The van der Waals surface area contributed by atoms with Crippen LogP contribution in [0.3, 0.4) is 0 Å². The highest BCUT2D eigenvalue weighted by atomic mass is 16.5. The minimum absolute atomic E-state index is 0.00187. The summed E-state index contributed by atoms with van der Waals surface area (Å²) in [6, 6.07) is 6.57. The second kappa shape index (κ2) is 7.33. The van der Waals surface area contributed by atoms with Gasteiger partial charge in [0.25, 0.3) is 0 Å². The summed E-state index contributed by atoms with van der Waals surface area (Å²) in [5, 5.41) is 0. The number of rotatable bonds is 6. The third kappa shape index (κ3) is 4.12. The first kappa shape index (κ1) is 15.8. The van der Waals surface area contributed by atoms with Crippen LogP contribution in [0.4, 0.5) is 0 Å². The summed E-state index contributed by atoms with van der Waals surface area (Å²) >= 11 is 0. The van der Waals surface area contributed by atoms with Gasteiger partial charge in [-0.1, -0.05) is 0 Å². The Hall–Kier alpha value is -2.30. The minimum atomic E-state index is -0.623. The highest BCUT2D eigenvalue weighted by Crippen LogP contribution is 2.15. The molecule has 0 saturated heterocycles. The number of hydrogen-bond donors (Lipinski definition) is 0. The van der Waals surface area contributed by atoms with E-state index in [-0.39, 0.29) is 18.0 Å². The highest BCUT2D eigenvalue weighted by molar-refractivity contribution is 6.24. The summed E-state index contributed by atoms with van der Waals surface area (Å²) < 4.78 is 9.95. The molecule has 0 N–H and O–H groups in total. The average Bonchev–Trinajstić information content (AvgIpc) is 2.44. The lowest BCUT2D eigenvalue weighted by Crippen LogP contribution is -2.19. The van der Waals surface area contributed by atoms with Crippen molar-refractivity contribution in [2.75, 3.05) is 27.8 Å². The number of methoxy groups -OCH3 is 1. The van der Waals surface area contributed by atoms with Crippen LogP contribution in [0.1, 0.15) is 17.3 Å². The van der Waals surface area contributed by atoms with Gasteiger partial charge < -0.3 is 14.4 Å². The van der Waals surface area contributed by atoms with E-state index in [2.05, 4.69) is 0 Å². The van der Waals surface area contributed by atoms with E-state index < -0.39 is 5.97 Å². The molecule has 0 atom stereocenters. The van der Waals surface area contributed by atoms with Crippen LogP contribution in [-0.2, 0) is 9.53 Å². The number of esters is 1. The smallest absolute Gasteiger partial charge is 0.343 e. The molecule has 0 unspecified atom stereocenters. The van der Waals surface area contributed by atoms with E-state index in [0.717, 1.165) is 0 Å². The van der Waals surface area contributed by atoms with Crippen molar-refractivity contribution in [1.29, 1.82) is 0 Å². The second-order valence-electron chi connectivity index (χ2n) is 4.28. The fraction of sp³-hybridized carbons (Fsp3) is 0.333. The van der Waals surface area contributed by atoms with Gasteiger partial charge in [0.05, 0.1) is 13.7 Å². The molecule has 0 amide bonds. The monoisotopic (exact) mass is 277 g/mol. The molecule has 0 saturated carbocycles. The van der Waals surface area contributed by atoms with Crippen LogP contribution in [0.2, 0.25) is 0 Å². The summed E-state index contributed by atoms with van der Waals surface area (Å²) in [5.74, 6) is -0.349. The van der Waals surface area contributed by atoms with Crippen molar-refractivity contribution in [2.24, 2.45) is 0 Å². The number of hydrogen-bond acceptors (Lipinski definition) is 5. The predicted molar refractivity (Wildman–Crippen MR) is 75.7 cm³/mol. The largest absolute Gasteiger partial charge is 0.497 e. The molecule has 5 heteroatoms. The van der Waals surface area contributed by atoms with Crippen molar-refractivity contribution in [2.45, 2.75) is 6.92 Å². The molecule has 0 bridgehead atoms. The third-order valence-corrected chi connectivity index (χ3v) is 2.48. The van der Waals surface area contributed by atoms with Crippen molar-refractivity contribution in [1.82, 2.24) is 4.90 Å². The predicted octanol–water partition coefficient (Wildman–Crippen LogP) is 1.89. The molecule has 0 aliphatic rings. The molecule has 108 valence electrons. The molecule has 0 radical (unpaired) electrons. The van der Waals surface area contributed by atoms with Crippen LogP contribution in [0.25, 0.3) is 0 Å². The summed E-state index contributed by atoms with van der Waals surface area (Å²) in [4.78, 5) is 25.8. The molecule has 0 aliphatic heterocycles. The summed E-state index contributed by atoms with van der Waals surface area (Å²) in [7, 11) is 5.02. The Morgan fingerprint density at radius 2 is 1.80 bits per heavy atom. The van der Waals surface area contributed by atoms with Crippen LogP contribution in [0.5, 0.6) is 5.75 Å². The standard InChI is InChI=1S/C15H19NO4/c1-5-20-15(18)13(10-16(2)3)14(17)11-6-8-12(19-4)9-7-11/h6-10H,5H2,1-4H3/b13-10+. The zero-order valence-corrected chi connectivity index (χ0v) is 12.2. The fourth-order valence-electron chi connectivity index (χ4n) is 1.57. The third-order valence-electron chi connectivity index (χ3n) is 2.48. The maximum absolute atomic E-state index is 12.4. The molecular weight excluding hydrogens is 258 g/mol. The van der Waals surface area contributed by atoms with Gasteiger partial charge in [0.1, 0.15) is 11.3 Å². The number of carbonyl (C=O) groups is 2. The van der Waals surface area contributed by atoms with Gasteiger partial charge in [0.2, 0.25) is 5.78 Å². The minimum Gasteiger partial charge on any atom is -0.497 e. The van der Waals surface area contributed by atoms with E-state index in [1.807, 2.05) is 0 Å². The maximum Gasteiger partial charge on any atom is 0.343 e. The molecule has 0 spiro atoms. The van der Waals surface area contributed by atoms with E-state index in [0.29, 0.717) is 11.3 Å². The summed E-state index contributed by atoms with van der Waals surface area (Å²) in [5.41, 5.74) is 0.411. The number of nitrogens with zero attached hydrogens (tertiary/aromatic N) is 1. The summed E-state index contributed by atoms with van der Waals surface area (Å²) in [6.07, 6.45) is 1.46. The van der Waals surface area contributed by atoms with Crippen LogP contribution in [0.15, 0.2) is 36.0 Å². The van der Waals surface area contributed by atoms with Crippen LogP contribution in [0, 0.1) is 0 Å². The normalized spacial score (nSPS) is 10.9. The Labute approximate surface area is 118 Å².